The van der Waals surface area contributed by atoms with Crippen molar-refractivity contribution in [1.82, 2.24) is 14.9 Å². The minimum Gasteiger partial charge on any atom is -0.550 e. The number of hydrogen-bond acceptors (Lipinski definition) is 9. The maximum atomic E-state index is 11.2. The quantitative estimate of drug-likeness (QED) is 0.0572. The van der Waals surface area contributed by atoms with E-state index in [2.05, 4.69) is 21.8 Å². The molecule has 274 valence electrons. The Hall–Kier alpha value is -2.17. The number of aromatic nitrogens is 2. The van der Waals surface area contributed by atoms with Crippen LogP contribution < -0.4 is 9.84 Å². The third-order valence-electron chi connectivity index (χ3n) is 8.66. The number of carboxylic acids is 1. The predicted octanol–water partition coefficient (Wildman–Crippen LogP) is 7.25. The van der Waals surface area contributed by atoms with Crippen LogP contribution >= 0.6 is 11.8 Å². The normalized spacial score (nSPS) is 14.6. The second kappa shape index (κ2) is 27.6. The van der Waals surface area contributed by atoms with Crippen molar-refractivity contribution in [3.8, 4) is 6.01 Å². The number of thioether (sulfide) groups is 1. The SMILES string of the molecule is CCCCCCCCCCCCCCCCCCOCC(CSCCOCCN1C=C[N+](=CCC(C)(C)C(=O)[O-])C1)Oc1ncccn1. The molecule has 2 rings (SSSR count). The summed E-state index contributed by atoms with van der Waals surface area (Å²) in [5, 5.41) is 11.2. The van der Waals surface area contributed by atoms with E-state index < -0.39 is 11.4 Å². The van der Waals surface area contributed by atoms with Crippen LogP contribution in [0, 0.1) is 5.41 Å². The Labute approximate surface area is 296 Å². The molecule has 1 aliphatic heterocycles. The zero-order chi connectivity index (χ0) is 34.5. The molecule has 0 aliphatic carbocycles. The average Bonchev–Trinajstić information content (AvgIpc) is 3.54. The maximum absolute atomic E-state index is 11.2. The molecule has 0 aromatic carbocycles. The molecular formula is C38H66N4O5S. The summed E-state index contributed by atoms with van der Waals surface area (Å²) in [6.07, 6.45) is 31.4. The highest BCUT2D eigenvalue weighted by atomic mass is 32.2. The lowest BCUT2D eigenvalue weighted by Gasteiger charge is -2.22. The first kappa shape index (κ1) is 42.0. The van der Waals surface area contributed by atoms with Gasteiger partial charge in [0.25, 0.3) is 0 Å². The van der Waals surface area contributed by atoms with Gasteiger partial charge in [0.15, 0.2) is 6.20 Å². The van der Waals surface area contributed by atoms with Crippen molar-refractivity contribution in [2.45, 2.75) is 136 Å². The van der Waals surface area contributed by atoms with Gasteiger partial charge in [0, 0.05) is 54.9 Å². The molecule has 1 aromatic rings. The Morgan fingerprint density at radius 2 is 1.52 bits per heavy atom. The lowest BCUT2D eigenvalue weighted by Crippen LogP contribution is -2.38. The van der Waals surface area contributed by atoms with E-state index >= 15 is 0 Å². The van der Waals surface area contributed by atoms with Crippen LogP contribution in [0.5, 0.6) is 6.01 Å². The molecule has 1 unspecified atom stereocenters. The van der Waals surface area contributed by atoms with Crippen LogP contribution in [-0.2, 0) is 14.3 Å². The number of carbonyl (C=O) groups is 1. The zero-order valence-corrected chi connectivity index (χ0v) is 31.3. The first-order valence-electron chi connectivity index (χ1n) is 18.8. The number of nitrogens with zero attached hydrogens (tertiary/aromatic N) is 4. The third-order valence-corrected chi connectivity index (χ3v) is 9.72. The Balaban J connectivity index is 1.47. The van der Waals surface area contributed by atoms with Gasteiger partial charge >= 0.3 is 6.01 Å². The summed E-state index contributed by atoms with van der Waals surface area (Å²) < 4.78 is 19.9. The Morgan fingerprint density at radius 3 is 2.12 bits per heavy atom. The number of carbonyl (C=O) groups excluding carboxylic acids is 1. The maximum Gasteiger partial charge on any atom is 0.316 e. The molecule has 1 atom stereocenters. The van der Waals surface area contributed by atoms with Crippen LogP contribution in [0.2, 0.25) is 0 Å². The van der Waals surface area contributed by atoms with Crippen molar-refractivity contribution in [3.05, 3.63) is 30.9 Å². The number of ether oxygens (including phenoxy) is 3. The van der Waals surface area contributed by atoms with E-state index in [1.165, 1.54) is 96.3 Å². The molecule has 9 nitrogen and oxygen atoms in total. The van der Waals surface area contributed by atoms with Crippen LogP contribution in [0.3, 0.4) is 0 Å². The number of aliphatic carboxylic acids is 1. The van der Waals surface area contributed by atoms with Gasteiger partial charge in [-0.2, -0.15) is 16.3 Å². The molecular weight excluding hydrogens is 625 g/mol. The molecule has 0 amide bonds. The highest BCUT2D eigenvalue weighted by Gasteiger charge is 2.22. The van der Waals surface area contributed by atoms with Gasteiger partial charge in [0.1, 0.15) is 12.3 Å². The van der Waals surface area contributed by atoms with Gasteiger partial charge in [-0.15, -0.1) is 0 Å². The fourth-order valence-corrected chi connectivity index (χ4v) is 6.20. The number of carboxylic acid groups (broad SMARTS) is 1. The van der Waals surface area contributed by atoms with Crippen molar-refractivity contribution >= 4 is 23.9 Å². The van der Waals surface area contributed by atoms with E-state index in [1.54, 1.807) is 44.1 Å². The van der Waals surface area contributed by atoms with E-state index in [9.17, 15) is 9.90 Å². The van der Waals surface area contributed by atoms with E-state index in [-0.39, 0.29) is 6.10 Å². The van der Waals surface area contributed by atoms with Gasteiger partial charge < -0.3 is 29.0 Å². The molecule has 2 heterocycles. The first-order chi connectivity index (χ1) is 23.4. The smallest absolute Gasteiger partial charge is 0.316 e. The Bertz CT molecular complexity index is 995. The van der Waals surface area contributed by atoms with Gasteiger partial charge in [-0.05, 0) is 12.5 Å². The van der Waals surface area contributed by atoms with Gasteiger partial charge in [-0.3, -0.25) is 0 Å². The lowest BCUT2D eigenvalue weighted by atomic mass is 9.90. The molecule has 48 heavy (non-hydrogen) atoms. The monoisotopic (exact) mass is 690 g/mol. The molecule has 0 N–H and O–H groups in total. The fourth-order valence-electron chi connectivity index (χ4n) is 5.37. The first-order valence-corrected chi connectivity index (χ1v) is 20.0. The molecule has 1 aliphatic rings. The molecule has 0 saturated heterocycles. The second-order valence-corrected chi connectivity index (χ2v) is 14.8. The fraction of sp³-hybridized carbons (Fsp3) is 0.789. The van der Waals surface area contributed by atoms with Crippen molar-refractivity contribution in [2.24, 2.45) is 5.41 Å². The van der Waals surface area contributed by atoms with Crippen molar-refractivity contribution < 1.29 is 28.7 Å². The molecule has 1 aromatic heterocycles. The van der Waals surface area contributed by atoms with E-state index in [4.69, 9.17) is 14.2 Å². The van der Waals surface area contributed by atoms with Crippen molar-refractivity contribution in [1.29, 1.82) is 0 Å². The largest absolute Gasteiger partial charge is 0.550 e. The summed E-state index contributed by atoms with van der Waals surface area (Å²) in [7, 11) is 0. The minimum absolute atomic E-state index is 0.114. The molecule has 10 heteroatoms. The van der Waals surface area contributed by atoms with Crippen LogP contribution in [0.25, 0.3) is 0 Å². The van der Waals surface area contributed by atoms with Crippen molar-refractivity contribution in [2.75, 3.05) is 51.1 Å². The predicted molar refractivity (Wildman–Crippen MR) is 195 cm³/mol. The molecule has 0 spiro atoms. The minimum atomic E-state index is -1.03. The highest BCUT2D eigenvalue weighted by molar-refractivity contribution is 7.99. The van der Waals surface area contributed by atoms with Gasteiger partial charge in [-0.1, -0.05) is 117 Å². The van der Waals surface area contributed by atoms with E-state index in [0.29, 0.717) is 38.9 Å². The van der Waals surface area contributed by atoms with Crippen LogP contribution in [0.15, 0.2) is 30.9 Å². The van der Waals surface area contributed by atoms with Crippen LogP contribution in [0.1, 0.15) is 130 Å². The summed E-state index contributed by atoms with van der Waals surface area (Å²) in [6.45, 7) is 9.70. The summed E-state index contributed by atoms with van der Waals surface area (Å²) >= 11 is 1.79. The van der Waals surface area contributed by atoms with E-state index in [0.717, 1.165) is 31.1 Å². The highest BCUT2D eigenvalue weighted by Crippen LogP contribution is 2.18. The molecule has 0 radical (unpaired) electrons. The zero-order valence-electron chi connectivity index (χ0n) is 30.5. The van der Waals surface area contributed by atoms with Gasteiger partial charge in [0.2, 0.25) is 6.67 Å². The topological polar surface area (TPSA) is 99.9 Å². The van der Waals surface area contributed by atoms with E-state index in [1.807, 2.05) is 23.2 Å². The number of unbranched alkanes of at least 4 members (excludes halogenated alkanes) is 15. The Kier molecular flexibility index (Phi) is 24.2. The van der Waals surface area contributed by atoms with Gasteiger partial charge in [0.05, 0.1) is 26.0 Å². The van der Waals surface area contributed by atoms with Crippen molar-refractivity contribution in [3.63, 3.8) is 0 Å². The lowest BCUT2D eigenvalue weighted by molar-refractivity contribution is -0.460. The number of rotatable bonds is 32. The summed E-state index contributed by atoms with van der Waals surface area (Å²) in [5.74, 6) is 0.611. The molecule has 0 fully saturated rings. The molecule has 0 bridgehead atoms. The summed E-state index contributed by atoms with van der Waals surface area (Å²) in [5.41, 5.74) is -0.877. The standard InChI is InChI=1S/C38H66N4O5S/c1-4-5-6-7-8-9-10-11-12-13-14-15-16-17-18-19-28-46-32-35(47-37-39-22-20-23-40-37)33-48-31-30-45-29-27-42-26-25-41(34-42)24-21-38(2,3)36(43)44/h20,22-26,35H,4-19,21,27-34H2,1-3H3. The van der Waals surface area contributed by atoms with Crippen LogP contribution in [0.4, 0.5) is 0 Å². The Morgan fingerprint density at radius 1 is 0.917 bits per heavy atom. The third kappa shape index (κ3) is 21.7. The van der Waals surface area contributed by atoms with Gasteiger partial charge in [-0.25, -0.2) is 9.97 Å². The summed E-state index contributed by atoms with van der Waals surface area (Å²) in [4.78, 5) is 21.8. The molecule has 0 saturated carbocycles. The number of hydrogen-bond donors (Lipinski definition) is 0. The average molecular weight is 691 g/mol. The van der Waals surface area contributed by atoms with Crippen LogP contribution in [-0.4, -0.2) is 88.9 Å². The second-order valence-electron chi connectivity index (χ2n) is 13.7. The summed E-state index contributed by atoms with van der Waals surface area (Å²) in [6, 6.07) is 2.17.